The summed E-state index contributed by atoms with van der Waals surface area (Å²) in [5.41, 5.74) is 0.998. The molecular formula is C9H13N3O4. The van der Waals surface area contributed by atoms with Crippen LogP contribution in [0.2, 0.25) is 0 Å². The molecule has 0 aliphatic carbocycles. The molecule has 1 amide bonds. The van der Waals surface area contributed by atoms with Crippen molar-refractivity contribution in [3.8, 4) is 0 Å². The molecule has 0 aliphatic heterocycles. The van der Waals surface area contributed by atoms with Crippen LogP contribution in [0.3, 0.4) is 0 Å². The van der Waals surface area contributed by atoms with E-state index in [0.29, 0.717) is 0 Å². The summed E-state index contributed by atoms with van der Waals surface area (Å²) in [7, 11) is 0. The van der Waals surface area contributed by atoms with Gasteiger partial charge in [-0.3, -0.25) is 9.89 Å². The topological polar surface area (TPSA) is 115 Å². The lowest BCUT2D eigenvalue weighted by molar-refractivity contribution is -0.146. The van der Waals surface area contributed by atoms with Crippen molar-refractivity contribution >= 4 is 11.9 Å². The Morgan fingerprint density at radius 1 is 1.62 bits per heavy atom. The number of hydrogen-bond acceptors (Lipinski definition) is 4. The number of carbonyl (C=O) groups excluding carboxylic acids is 1. The predicted molar refractivity (Wildman–Crippen MR) is 53.9 cm³/mol. The van der Waals surface area contributed by atoms with E-state index in [9.17, 15) is 9.59 Å². The Morgan fingerprint density at radius 2 is 2.31 bits per heavy atom. The number of carboxylic acids is 1. The first-order chi connectivity index (χ1) is 7.50. The second-order valence-corrected chi connectivity index (χ2v) is 3.33. The van der Waals surface area contributed by atoms with Crippen LogP contribution in [0, 0.1) is 6.92 Å². The number of aromatic nitrogens is 2. The van der Waals surface area contributed by atoms with Gasteiger partial charge in [0.1, 0.15) is 5.69 Å². The zero-order valence-corrected chi connectivity index (χ0v) is 8.73. The molecule has 0 unspecified atom stereocenters. The highest BCUT2D eigenvalue weighted by Gasteiger charge is 2.14. The SMILES string of the molecule is Cc1cc(C(=O)NCC[C@H](O)C(=O)O)n[nH]1. The number of nitrogens with zero attached hydrogens (tertiary/aromatic N) is 1. The Morgan fingerprint density at radius 3 is 2.81 bits per heavy atom. The maximum absolute atomic E-state index is 11.4. The highest BCUT2D eigenvalue weighted by atomic mass is 16.4. The number of carboxylic acid groups (broad SMARTS) is 1. The number of aromatic amines is 1. The summed E-state index contributed by atoms with van der Waals surface area (Å²) in [5, 5.41) is 26.1. The van der Waals surface area contributed by atoms with Crippen LogP contribution in [0.1, 0.15) is 22.6 Å². The highest BCUT2D eigenvalue weighted by molar-refractivity contribution is 5.92. The van der Waals surface area contributed by atoms with Gasteiger partial charge in [0.05, 0.1) is 0 Å². The summed E-state index contributed by atoms with van der Waals surface area (Å²) in [6.45, 7) is 1.84. The maximum atomic E-state index is 11.4. The van der Waals surface area contributed by atoms with Crippen LogP contribution in [-0.4, -0.2) is 44.9 Å². The molecule has 0 saturated carbocycles. The monoisotopic (exact) mass is 227 g/mol. The van der Waals surface area contributed by atoms with E-state index in [0.717, 1.165) is 5.69 Å². The summed E-state index contributed by atoms with van der Waals surface area (Å²) in [5.74, 6) is -1.70. The minimum Gasteiger partial charge on any atom is -0.479 e. The van der Waals surface area contributed by atoms with Crippen molar-refractivity contribution in [2.75, 3.05) is 6.54 Å². The first kappa shape index (κ1) is 12.2. The number of carbonyl (C=O) groups is 2. The van der Waals surface area contributed by atoms with Crippen LogP contribution in [0.15, 0.2) is 6.07 Å². The Bertz CT molecular complexity index is 388. The van der Waals surface area contributed by atoms with Gasteiger partial charge in [-0.05, 0) is 13.0 Å². The van der Waals surface area contributed by atoms with Gasteiger partial charge in [0.2, 0.25) is 0 Å². The molecule has 1 heterocycles. The predicted octanol–water partition coefficient (Wildman–Crippen LogP) is -0.716. The average Bonchev–Trinajstić information content (AvgIpc) is 2.64. The number of aliphatic hydroxyl groups is 1. The Kier molecular flexibility index (Phi) is 4.01. The molecule has 0 fully saturated rings. The van der Waals surface area contributed by atoms with E-state index in [4.69, 9.17) is 10.2 Å². The molecule has 7 heteroatoms. The van der Waals surface area contributed by atoms with Gasteiger partial charge in [0.25, 0.3) is 5.91 Å². The lowest BCUT2D eigenvalue weighted by Crippen LogP contribution is -2.30. The Labute approximate surface area is 91.5 Å². The summed E-state index contributed by atoms with van der Waals surface area (Å²) in [4.78, 5) is 21.7. The largest absolute Gasteiger partial charge is 0.479 e. The molecule has 0 spiro atoms. The third-order valence-electron chi connectivity index (χ3n) is 1.93. The standard InChI is InChI=1S/C9H13N3O4/c1-5-4-6(12-11-5)8(14)10-3-2-7(13)9(15)16/h4,7,13H,2-3H2,1H3,(H,10,14)(H,11,12)(H,15,16)/t7-/m0/s1. The first-order valence-electron chi connectivity index (χ1n) is 4.72. The third kappa shape index (κ3) is 3.35. The van der Waals surface area contributed by atoms with Crippen LogP contribution in [-0.2, 0) is 4.79 Å². The number of aliphatic hydroxyl groups excluding tert-OH is 1. The number of nitrogens with one attached hydrogen (secondary N) is 2. The van der Waals surface area contributed by atoms with Crippen LogP contribution in [0.5, 0.6) is 0 Å². The van der Waals surface area contributed by atoms with E-state index in [-0.39, 0.29) is 18.7 Å². The van der Waals surface area contributed by atoms with E-state index >= 15 is 0 Å². The molecule has 0 saturated heterocycles. The number of aliphatic carboxylic acids is 1. The molecule has 7 nitrogen and oxygen atoms in total. The van der Waals surface area contributed by atoms with Crippen molar-refractivity contribution in [1.29, 1.82) is 0 Å². The molecule has 16 heavy (non-hydrogen) atoms. The van der Waals surface area contributed by atoms with Crippen LogP contribution < -0.4 is 5.32 Å². The molecule has 0 aliphatic rings. The van der Waals surface area contributed by atoms with Crippen molar-refractivity contribution in [3.63, 3.8) is 0 Å². The van der Waals surface area contributed by atoms with Crippen molar-refractivity contribution in [2.45, 2.75) is 19.4 Å². The van der Waals surface area contributed by atoms with E-state index in [1.807, 2.05) is 0 Å². The average molecular weight is 227 g/mol. The van der Waals surface area contributed by atoms with Crippen molar-refractivity contribution in [2.24, 2.45) is 0 Å². The summed E-state index contributed by atoms with van der Waals surface area (Å²) < 4.78 is 0. The van der Waals surface area contributed by atoms with Crippen molar-refractivity contribution < 1.29 is 19.8 Å². The Balaban J connectivity index is 2.34. The summed E-state index contributed by atoms with van der Waals surface area (Å²) in [6.07, 6.45) is -1.49. The molecule has 1 aromatic heterocycles. The summed E-state index contributed by atoms with van der Waals surface area (Å²) >= 11 is 0. The number of aryl methyl sites for hydroxylation is 1. The molecule has 0 bridgehead atoms. The molecule has 1 rings (SSSR count). The zero-order valence-electron chi connectivity index (χ0n) is 8.73. The number of hydrogen-bond donors (Lipinski definition) is 4. The molecule has 1 aromatic rings. The molecule has 4 N–H and O–H groups in total. The molecule has 1 atom stereocenters. The lowest BCUT2D eigenvalue weighted by atomic mass is 10.2. The minimum atomic E-state index is -1.46. The number of rotatable bonds is 5. The van der Waals surface area contributed by atoms with Crippen LogP contribution in [0.4, 0.5) is 0 Å². The van der Waals surface area contributed by atoms with Gasteiger partial charge in [-0.2, -0.15) is 5.10 Å². The zero-order chi connectivity index (χ0) is 12.1. The van der Waals surface area contributed by atoms with E-state index in [1.54, 1.807) is 13.0 Å². The minimum absolute atomic E-state index is 0.0372. The molecule has 88 valence electrons. The second-order valence-electron chi connectivity index (χ2n) is 3.33. The van der Waals surface area contributed by atoms with Gasteiger partial charge < -0.3 is 15.5 Å². The van der Waals surface area contributed by atoms with Gasteiger partial charge in [-0.15, -0.1) is 0 Å². The fourth-order valence-electron chi connectivity index (χ4n) is 1.07. The van der Waals surface area contributed by atoms with Gasteiger partial charge in [0.15, 0.2) is 6.10 Å². The molecular weight excluding hydrogens is 214 g/mol. The number of H-pyrrole nitrogens is 1. The quantitative estimate of drug-likeness (QED) is 0.530. The van der Waals surface area contributed by atoms with Gasteiger partial charge in [-0.25, -0.2) is 4.79 Å². The smallest absolute Gasteiger partial charge is 0.332 e. The fourth-order valence-corrected chi connectivity index (χ4v) is 1.07. The van der Waals surface area contributed by atoms with Gasteiger partial charge in [-0.1, -0.05) is 0 Å². The van der Waals surface area contributed by atoms with Crippen molar-refractivity contribution in [3.05, 3.63) is 17.5 Å². The molecule has 0 radical (unpaired) electrons. The van der Waals surface area contributed by atoms with Crippen LogP contribution in [0.25, 0.3) is 0 Å². The highest BCUT2D eigenvalue weighted by Crippen LogP contribution is 1.97. The van der Waals surface area contributed by atoms with Gasteiger partial charge >= 0.3 is 5.97 Å². The van der Waals surface area contributed by atoms with Gasteiger partial charge in [0, 0.05) is 18.7 Å². The second kappa shape index (κ2) is 5.26. The first-order valence-corrected chi connectivity index (χ1v) is 4.72. The molecule has 0 aromatic carbocycles. The van der Waals surface area contributed by atoms with E-state index in [2.05, 4.69) is 15.5 Å². The third-order valence-corrected chi connectivity index (χ3v) is 1.93. The summed E-state index contributed by atoms with van der Waals surface area (Å²) in [6, 6.07) is 1.57. The van der Waals surface area contributed by atoms with Crippen molar-refractivity contribution in [1.82, 2.24) is 15.5 Å². The fraction of sp³-hybridized carbons (Fsp3) is 0.444. The number of amides is 1. The lowest BCUT2D eigenvalue weighted by Gasteiger charge is -2.05. The normalized spacial score (nSPS) is 12.1. The Hall–Kier alpha value is -1.89. The van der Waals surface area contributed by atoms with E-state index < -0.39 is 18.0 Å². The van der Waals surface area contributed by atoms with E-state index in [1.165, 1.54) is 0 Å². The van der Waals surface area contributed by atoms with Crippen LogP contribution >= 0.6 is 0 Å². The maximum Gasteiger partial charge on any atom is 0.332 e.